The highest BCUT2D eigenvalue weighted by Gasteiger charge is 2.67. The zero-order valence-electron chi connectivity index (χ0n) is 17.7. The Morgan fingerprint density at radius 2 is 2.13 bits per heavy atom. The summed E-state index contributed by atoms with van der Waals surface area (Å²) in [4.78, 5) is 30.3. The fraction of sp³-hybridized carbons (Fsp3) is 0.435. The summed E-state index contributed by atoms with van der Waals surface area (Å²) in [5.41, 5.74) is 3.43. The Morgan fingerprint density at radius 3 is 2.83 bits per heavy atom. The summed E-state index contributed by atoms with van der Waals surface area (Å²) in [5, 5.41) is 4.17. The number of anilines is 1. The molecule has 2 amide bonds. The Balaban J connectivity index is 1.42. The molecular formula is C23H26N4O3. The van der Waals surface area contributed by atoms with Crippen LogP contribution in [-0.4, -0.2) is 51.8 Å². The molecule has 3 aliphatic heterocycles. The van der Waals surface area contributed by atoms with Crippen LogP contribution in [-0.2, 0) is 27.9 Å². The van der Waals surface area contributed by atoms with Crippen molar-refractivity contribution in [1.82, 2.24) is 14.7 Å². The minimum Gasteiger partial charge on any atom is -0.360 e. The third-order valence-corrected chi connectivity index (χ3v) is 6.74. The van der Waals surface area contributed by atoms with Crippen molar-refractivity contribution in [2.75, 3.05) is 18.5 Å². The summed E-state index contributed by atoms with van der Waals surface area (Å²) >= 11 is 0. The Labute approximate surface area is 175 Å². The number of ether oxygens (including phenoxy) is 1. The number of carbonyl (C=O) groups excluding carboxylic acids is 2. The van der Waals surface area contributed by atoms with E-state index in [1.54, 1.807) is 27.7 Å². The lowest BCUT2D eigenvalue weighted by atomic mass is 9.76. The van der Waals surface area contributed by atoms with Crippen LogP contribution in [0.4, 0.5) is 5.69 Å². The molecule has 0 N–H and O–H groups in total. The van der Waals surface area contributed by atoms with E-state index in [-0.39, 0.29) is 17.9 Å². The summed E-state index contributed by atoms with van der Waals surface area (Å²) in [6, 6.07) is 6.04. The van der Waals surface area contributed by atoms with Gasteiger partial charge in [-0.1, -0.05) is 18.2 Å². The topological polar surface area (TPSA) is 67.7 Å². The molecule has 0 saturated carbocycles. The smallest absolute Gasteiger partial charge is 0.234 e. The summed E-state index contributed by atoms with van der Waals surface area (Å²) in [6.45, 7) is 5.00. The highest BCUT2D eigenvalue weighted by molar-refractivity contribution is 6.03. The Hall–Kier alpha value is -2.93. The molecule has 1 spiro atoms. The molecule has 2 aromatic rings. The Kier molecular flexibility index (Phi) is 4.15. The van der Waals surface area contributed by atoms with Gasteiger partial charge in [-0.05, 0) is 37.1 Å². The number of aryl methyl sites for hydroxylation is 3. The molecule has 1 aromatic carbocycles. The molecule has 7 heteroatoms. The third kappa shape index (κ3) is 2.72. The molecule has 1 aromatic heterocycles. The summed E-state index contributed by atoms with van der Waals surface area (Å²) in [5.74, 6) is -1.08. The van der Waals surface area contributed by atoms with Crippen LogP contribution in [0.3, 0.4) is 0 Å². The molecule has 4 heterocycles. The van der Waals surface area contributed by atoms with E-state index in [9.17, 15) is 9.59 Å². The molecule has 3 aliphatic rings. The summed E-state index contributed by atoms with van der Waals surface area (Å²) < 4.78 is 7.98. The first-order valence-corrected chi connectivity index (χ1v) is 10.3. The van der Waals surface area contributed by atoms with Crippen LogP contribution < -0.4 is 4.90 Å². The highest BCUT2D eigenvalue weighted by atomic mass is 16.5. The first-order valence-electron chi connectivity index (χ1n) is 10.3. The molecule has 2 bridgehead atoms. The molecule has 2 fully saturated rings. The number of aromatic nitrogens is 2. The maximum Gasteiger partial charge on any atom is 0.234 e. The van der Waals surface area contributed by atoms with E-state index in [4.69, 9.17) is 4.74 Å². The van der Waals surface area contributed by atoms with Gasteiger partial charge in [0.1, 0.15) is 5.60 Å². The second-order valence-electron chi connectivity index (χ2n) is 8.81. The van der Waals surface area contributed by atoms with E-state index >= 15 is 0 Å². The van der Waals surface area contributed by atoms with Crippen molar-refractivity contribution in [3.8, 4) is 0 Å². The maximum absolute atomic E-state index is 13.5. The van der Waals surface area contributed by atoms with Crippen LogP contribution in [0.2, 0.25) is 0 Å². The molecule has 30 heavy (non-hydrogen) atoms. The second kappa shape index (κ2) is 6.54. The number of benzene rings is 1. The monoisotopic (exact) mass is 406 g/mol. The lowest BCUT2D eigenvalue weighted by Crippen LogP contribution is -2.44. The Morgan fingerprint density at radius 1 is 1.33 bits per heavy atom. The van der Waals surface area contributed by atoms with Gasteiger partial charge in [0, 0.05) is 38.1 Å². The van der Waals surface area contributed by atoms with E-state index in [1.807, 2.05) is 50.5 Å². The average molecular weight is 406 g/mol. The van der Waals surface area contributed by atoms with Crippen LogP contribution in [0, 0.1) is 25.7 Å². The van der Waals surface area contributed by atoms with Crippen LogP contribution in [0.15, 0.2) is 42.7 Å². The average Bonchev–Trinajstić information content (AvgIpc) is 3.45. The van der Waals surface area contributed by atoms with Crippen molar-refractivity contribution < 1.29 is 14.3 Å². The third-order valence-electron chi connectivity index (χ3n) is 6.74. The van der Waals surface area contributed by atoms with Gasteiger partial charge in [0.05, 0.1) is 30.7 Å². The number of carbonyl (C=O) groups is 2. The minimum atomic E-state index is -0.712. The normalized spacial score (nSPS) is 29.0. The van der Waals surface area contributed by atoms with Crippen molar-refractivity contribution >= 4 is 17.5 Å². The molecule has 0 unspecified atom stereocenters. The highest BCUT2D eigenvalue weighted by Crippen LogP contribution is 2.53. The summed E-state index contributed by atoms with van der Waals surface area (Å²) in [7, 11) is 3.63. The lowest BCUT2D eigenvalue weighted by Gasteiger charge is -2.27. The Bertz CT molecular complexity index is 1070. The lowest BCUT2D eigenvalue weighted by molar-refractivity contribution is -0.139. The molecule has 156 valence electrons. The van der Waals surface area contributed by atoms with Gasteiger partial charge in [-0.15, -0.1) is 0 Å². The van der Waals surface area contributed by atoms with Crippen LogP contribution in [0.5, 0.6) is 0 Å². The molecule has 2 saturated heterocycles. The zero-order chi connectivity index (χ0) is 21.2. The quantitative estimate of drug-likeness (QED) is 0.729. The maximum atomic E-state index is 13.5. The van der Waals surface area contributed by atoms with Gasteiger partial charge in [0.2, 0.25) is 11.8 Å². The van der Waals surface area contributed by atoms with Crippen LogP contribution in [0.1, 0.15) is 16.7 Å². The van der Waals surface area contributed by atoms with Crippen LogP contribution >= 0.6 is 0 Å². The van der Waals surface area contributed by atoms with Gasteiger partial charge in [0.15, 0.2) is 0 Å². The van der Waals surface area contributed by atoms with Crippen molar-refractivity contribution in [3.05, 3.63) is 59.4 Å². The van der Waals surface area contributed by atoms with E-state index in [0.717, 1.165) is 16.8 Å². The van der Waals surface area contributed by atoms with E-state index < -0.39 is 17.4 Å². The molecule has 5 rings (SSSR count). The minimum absolute atomic E-state index is 0.0294. The zero-order valence-corrected chi connectivity index (χ0v) is 17.7. The number of fused-ring (bicyclic) bond motifs is 1. The number of rotatable bonds is 4. The number of nitrogens with zero attached hydrogens (tertiary/aromatic N) is 4. The standard InChI is InChI=1S/C23H26N4O3/c1-14-5-6-17(9-15(14)2)27-13-23-8-7-18(30-23)19(20(23)22(27)29)21(28)25(3)11-16-10-24-26(4)12-16/h5-10,12,18-20H,11,13H2,1-4H3/t18-,19-,20-,23-/m0/s1. The molecular weight excluding hydrogens is 380 g/mol. The van der Waals surface area contributed by atoms with Gasteiger partial charge >= 0.3 is 0 Å². The van der Waals surface area contributed by atoms with Crippen molar-refractivity contribution in [1.29, 1.82) is 0 Å². The second-order valence-corrected chi connectivity index (χ2v) is 8.81. The summed E-state index contributed by atoms with van der Waals surface area (Å²) in [6.07, 6.45) is 7.25. The van der Waals surface area contributed by atoms with Crippen molar-refractivity contribution in [2.24, 2.45) is 18.9 Å². The molecule has 7 nitrogen and oxygen atoms in total. The van der Waals surface area contributed by atoms with Crippen molar-refractivity contribution in [3.63, 3.8) is 0 Å². The first-order chi connectivity index (χ1) is 14.3. The molecule has 4 atom stereocenters. The number of hydrogen-bond acceptors (Lipinski definition) is 4. The van der Waals surface area contributed by atoms with Gasteiger partial charge in [0.25, 0.3) is 0 Å². The van der Waals surface area contributed by atoms with Gasteiger partial charge in [-0.3, -0.25) is 14.3 Å². The largest absolute Gasteiger partial charge is 0.360 e. The SMILES string of the molecule is Cc1ccc(N2C[C@]34C=C[C@H](O3)[C@H](C(=O)N(C)Cc3cnn(C)c3)[C@H]4C2=O)cc1C. The van der Waals surface area contributed by atoms with Crippen LogP contribution in [0.25, 0.3) is 0 Å². The van der Waals surface area contributed by atoms with Gasteiger partial charge in [-0.2, -0.15) is 5.10 Å². The van der Waals surface area contributed by atoms with Gasteiger partial charge < -0.3 is 14.5 Å². The fourth-order valence-corrected chi connectivity index (χ4v) is 5.05. The number of amides is 2. The predicted octanol–water partition coefficient (Wildman–Crippen LogP) is 1.98. The molecule has 0 radical (unpaired) electrons. The molecule has 0 aliphatic carbocycles. The van der Waals surface area contributed by atoms with E-state index in [1.165, 1.54) is 5.56 Å². The van der Waals surface area contributed by atoms with E-state index in [2.05, 4.69) is 12.0 Å². The van der Waals surface area contributed by atoms with E-state index in [0.29, 0.717) is 13.1 Å². The number of hydrogen-bond donors (Lipinski definition) is 0. The van der Waals surface area contributed by atoms with Crippen molar-refractivity contribution in [2.45, 2.75) is 32.1 Å². The fourth-order valence-electron chi connectivity index (χ4n) is 5.05. The van der Waals surface area contributed by atoms with Gasteiger partial charge in [-0.25, -0.2) is 0 Å². The predicted molar refractivity (Wildman–Crippen MR) is 112 cm³/mol. The first kappa shape index (κ1) is 19.1.